The van der Waals surface area contributed by atoms with E-state index in [-0.39, 0.29) is 11.1 Å². The summed E-state index contributed by atoms with van der Waals surface area (Å²) in [4.78, 5) is 29.6. The van der Waals surface area contributed by atoms with Gasteiger partial charge in [-0.05, 0) is 337 Å². The Morgan fingerprint density at radius 1 is 0.246 bits per heavy atom. The molecule has 6 heterocycles. The molecule has 8 saturated carbocycles. The van der Waals surface area contributed by atoms with Crippen molar-refractivity contribution in [3.05, 3.63) is 249 Å². The molecule has 0 radical (unpaired) electrons. The summed E-state index contributed by atoms with van der Waals surface area (Å²) in [7, 11) is 0. The Morgan fingerprint density at radius 2 is 0.454 bits per heavy atom. The summed E-state index contributed by atoms with van der Waals surface area (Å²) in [6.45, 7) is 78.1. The fourth-order valence-electron chi connectivity index (χ4n) is 25.0. The lowest BCUT2D eigenvalue weighted by molar-refractivity contribution is -0.105. The zero-order chi connectivity index (χ0) is 94.2. The molecule has 12 heteroatoms. The molecule has 6 aromatic carbocycles. The molecule has 0 atom stereocenters. The number of rotatable bonds is 18. The molecule has 8 fully saturated rings. The topological polar surface area (TPSA) is 38.9 Å². The minimum Gasteiger partial charge on any atom is -0.356 e. The monoisotopic (exact) mass is 1760 g/mol. The van der Waals surface area contributed by atoms with Crippen molar-refractivity contribution >= 4 is 34.1 Å². The van der Waals surface area contributed by atoms with Gasteiger partial charge < -0.3 is 58.8 Å². The van der Waals surface area contributed by atoms with Gasteiger partial charge in [-0.2, -0.15) is 0 Å². The van der Waals surface area contributed by atoms with Crippen LogP contribution in [0.4, 0.5) is 34.1 Å². The van der Waals surface area contributed by atoms with Gasteiger partial charge in [-0.3, -0.25) is 0 Å². The van der Waals surface area contributed by atoms with Crippen LogP contribution in [0, 0.1) is 77.0 Å². The van der Waals surface area contributed by atoms with E-state index in [9.17, 15) is 0 Å². The molecule has 708 valence electrons. The maximum absolute atomic E-state index is 2.86. The molecule has 0 N–H and O–H groups in total. The number of nitrogens with zero attached hydrogens (tertiary/aromatic N) is 12. The zero-order valence-electron chi connectivity index (χ0n) is 87.5. The fraction of sp³-hybridized carbons (Fsp3) is 0.593. The minimum atomic E-state index is 0.233. The van der Waals surface area contributed by atoms with E-state index in [1.165, 1.54) is 157 Å². The van der Waals surface area contributed by atoms with E-state index in [0.29, 0.717) is 70.5 Å². The normalized spacial score (nSPS) is 23.4. The molecule has 8 aliphatic carbocycles. The Hall–Kier alpha value is -8.64. The van der Waals surface area contributed by atoms with Crippen LogP contribution in [-0.2, 0) is 0 Å². The van der Waals surface area contributed by atoms with Gasteiger partial charge in [0, 0.05) is 143 Å². The smallest absolute Gasteiger partial charge is 0.0989 e. The van der Waals surface area contributed by atoms with Gasteiger partial charge in [0.05, 0.1) is 40.0 Å². The van der Waals surface area contributed by atoms with E-state index in [0.717, 1.165) is 68.9 Å². The highest BCUT2D eigenvalue weighted by molar-refractivity contribution is 5.74. The molecule has 8 bridgehead atoms. The highest BCUT2D eigenvalue weighted by atomic mass is 15.4. The van der Waals surface area contributed by atoms with Crippen molar-refractivity contribution < 1.29 is 0 Å². The molecule has 0 aromatic heterocycles. The summed E-state index contributed by atoms with van der Waals surface area (Å²) in [5, 5.41) is 0. The summed E-state index contributed by atoms with van der Waals surface area (Å²) >= 11 is 0. The van der Waals surface area contributed by atoms with Gasteiger partial charge in [0.25, 0.3) is 0 Å². The first kappa shape index (κ1) is 98.9. The van der Waals surface area contributed by atoms with Crippen molar-refractivity contribution in [1.29, 1.82) is 0 Å². The number of benzene rings is 6. The third-order valence-corrected chi connectivity index (χ3v) is 31.1. The number of hydrogen-bond acceptors (Lipinski definition) is 12. The molecule has 0 saturated heterocycles. The molecule has 12 nitrogen and oxygen atoms in total. The summed E-state index contributed by atoms with van der Waals surface area (Å²) in [6.07, 6.45) is 45.8. The van der Waals surface area contributed by atoms with E-state index in [4.69, 9.17) is 0 Å². The molecule has 0 amide bonds. The molecule has 6 aliphatic heterocycles. The summed E-state index contributed by atoms with van der Waals surface area (Å²) < 4.78 is 0. The summed E-state index contributed by atoms with van der Waals surface area (Å²) in [5.41, 5.74) is 29.3. The highest BCUT2D eigenvalue weighted by Crippen LogP contribution is 2.62. The standard InChI is InChI=1S/2C27H38N2.C23H34N2.C21H26N2.C11H22N2.C9H18N2/c2*1-18(2)22-11-9-12-23(19(3)4)26(22)28-15-16-29(17-28)27-24(20(5)6)13-10-14-25(27)21(7)8;1-2-25(23-12-19-6-20(13-23)8-21(7-19)14-23)15-24(1)22-9-16-3-17(10-22)5-18(4-16)11-22;1-14-9-16(3)20(17(4)10-14)22-7-8-23(13-22)21-18(5)11-15(2)12-19(21)6;1-10(2,3)12-7-8-13(9-12)11(4,5)6;1-8(2)10-5-6-11(7-10)9(3)4/h2*9-16,18-21H,17H2,1-8H3;1-2,16-21H,3-15H2;7-12H,13H2,1-6H3;7-8H,9H2,1-6H3;5-6,8-9H,7H2,1-4H3. The SMILES string of the molecule is C1=CN(C23CC4CC(CC(C4)C2)C3)CN1C12CC3CC(CC(C3)C1)C2.CC(C)(C)N1C=CN(C(C)(C)C)C1.CC(C)N1C=CN(C(C)C)C1.CC(C)c1cccc(C(C)C)c1N1C=CN(c2c(C(C)C)cccc2C(C)C)C1.CC(C)c1cccc(C(C)C)c1N1C=CN(c2c(C(C)C)cccc2C(C)C)C1.Cc1cc(C)c(N2C=CN(c3c(C)cc(C)cc3C)C2)c(C)c1. The van der Waals surface area contributed by atoms with Crippen molar-refractivity contribution in [3.63, 3.8) is 0 Å². The fourth-order valence-corrected chi connectivity index (χ4v) is 25.0. The van der Waals surface area contributed by atoms with Crippen LogP contribution in [0.25, 0.3) is 0 Å². The van der Waals surface area contributed by atoms with Crippen LogP contribution in [0.15, 0.2) is 171 Å². The Morgan fingerprint density at radius 3 is 0.631 bits per heavy atom. The Balaban J connectivity index is 0.000000137. The first-order chi connectivity index (χ1) is 61.3. The number of para-hydroxylation sites is 4. The van der Waals surface area contributed by atoms with Crippen molar-refractivity contribution in [3.8, 4) is 0 Å². The zero-order valence-corrected chi connectivity index (χ0v) is 87.5. The van der Waals surface area contributed by atoms with Gasteiger partial charge in [-0.1, -0.05) is 219 Å². The van der Waals surface area contributed by atoms with Crippen LogP contribution < -0.4 is 29.4 Å². The third-order valence-electron chi connectivity index (χ3n) is 31.1. The van der Waals surface area contributed by atoms with Crippen LogP contribution in [-0.4, -0.2) is 104 Å². The predicted octanol–water partition coefficient (Wildman–Crippen LogP) is 30.6. The van der Waals surface area contributed by atoms with Gasteiger partial charge in [-0.25, -0.2) is 0 Å². The molecule has 14 aliphatic rings. The van der Waals surface area contributed by atoms with E-state index in [2.05, 4.69) is 452 Å². The molecule has 0 unspecified atom stereocenters. The largest absolute Gasteiger partial charge is 0.356 e. The Kier molecular flexibility index (Phi) is 30.9. The molecule has 130 heavy (non-hydrogen) atoms. The number of aryl methyl sites for hydroxylation is 6. The van der Waals surface area contributed by atoms with Crippen LogP contribution >= 0.6 is 0 Å². The van der Waals surface area contributed by atoms with E-state index < -0.39 is 0 Å². The first-order valence-electron chi connectivity index (χ1n) is 51.3. The third kappa shape index (κ3) is 22.1. The number of hydrogen-bond donors (Lipinski definition) is 0. The van der Waals surface area contributed by atoms with Gasteiger partial charge in [0.1, 0.15) is 0 Å². The Labute approximate surface area is 793 Å². The van der Waals surface area contributed by atoms with Crippen molar-refractivity contribution in [1.82, 2.24) is 29.4 Å². The van der Waals surface area contributed by atoms with Crippen LogP contribution in [0.1, 0.15) is 382 Å². The van der Waals surface area contributed by atoms with Crippen LogP contribution in [0.5, 0.6) is 0 Å². The molecule has 0 spiro atoms. The van der Waals surface area contributed by atoms with Crippen molar-refractivity contribution in [2.45, 2.75) is 380 Å². The molecule has 20 rings (SSSR count). The lowest BCUT2D eigenvalue weighted by Crippen LogP contribution is -2.62. The number of anilines is 6. The molecular weight excluding hydrogens is 1590 g/mol. The first-order valence-corrected chi connectivity index (χ1v) is 51.3. The van der Waals surface area contributed by atoms with Crippen molar-refractivity contribution in [2.75, 3.05) is 69.4 Å². The van der Waals surface area contributed by atoms with E-state index in [1.807, 2.05) is 0 Å². The van der Waals surface area contributed by atoms with E-state index >= 15 is 0 Å². The van der Waals surface area contributed by atoms with Gasteiger partial charge >= 0.3 is 0 Å². The van der Waals surface area contributed by atoms with Crippen LogP contribution in [0.2, 0.25) is 0 Å². The van der Waals surface area contributed by atoms with Gasteiger partial charge in [-0.15, -0.1) is 0 Å². The van der Waals surface area contributed by atoms with Crippen LogP contribution in [0.3, 0.4) is 0 Å². The average Bonchev–Trinajstić information content (AvgIpc) is 1.43. The Bertz CT molecular complexity index is 4350. The minimum absolute atomic E-state index is 0.233. The second-order valence-corrected chi connectivity index (χ2v) is 47.0. The predicted molar refractivity (Wildman–Crippen MR) is 561 cm³/mol. The van der Waals surface area contributed by atoms with Gasteiger partial charge in [0.2, 0.25) is 0 Å². The quantitative estimate of drug-likeness (QED) is 0.0823. The molecule has 6 aromatic rings. The average molecular weight is 1760 g/mol. The van der Waals surface area contributed by atoms with Crippen molar-refractivity contribution in [2.24, 2.45) is 35.5 Å². The summed E-state index contributed by atoms with van der Waals surface area (Å²) in [5.74, 6) is 10.4. The highest BCUT2D eigenvalue weighted by Gasteiger charge is 2.58. The summed E-state index contributed by atoms with van der Waals surface area (Å²) in [6, 6.07) is 37.5. The van der Waals surface area contributed by atoms with Gasteiger partial charge in [0.15, 0.2) is 0 Å². The molecular formula is C118H176N12. The maximum Gasteiger partial charge on any atom is 0.0989 e. The second kappa shape index (κ2) is 40.7. The van der Waals surface area contributed by atoms with E-state index in [1.54, 1.807) is 38.5 Å². The second-order valence-electron chi connectivity index (χ2n) is 47.0. The maximum atomic E-state index is 2.86. The lowest BCUT2D eigenvalue weighted by Gasteiger charge is -2.62. The lowest BCUT2D eigenvalue weighted by atomic mass is 9.52.